The van der Waals surface area contributed by atoms with Crippen LogP contribution in [0.15, 0.2) is 55.1 Å². The Morgan fingerprint density at radius 3 is 2.69 bits per heavy atom. The number of aromatic amines is 1. The highest BCUT2D eigenvalue weighted by atomic mass is 35.5. The molecule has 0 spiro atoms. The van der Waals surface area contributed by atoms with Crippen LogP contribution in [0.4, 0.5) is 0 Å². The van der Waals surface area contributed by atoms with Crippen molar-refractivity contribution in [3.63, 3.8) is 0 Å². The van der Waals surface area contributed by atoms with Crippen LogP contribution in [0.2, 0.25) is 5.02 Å². The molecule has 2 aromatic carbocycles. The number of H-pyrrole nitrogens is 1. The van der Waals surface area contributed by atoms with Crippen molar-refractivity contribution in [1.29, 1.82) is 0 Å². The maximum Gasteiger partial charge on any atom is 0.226 e. The average Bonchev–Trinajstić information content (AvgIpc) is 3.56. The number of benzene rings is 2. The number of hydrogen-bond acceptors (Lipinski definition) is 5. The number of piperidine rings is 1. The summed E-state index contributed by atoms with van der Waals surface area (Å²) < 4.78 is 27.8. The Balaban J connectivity index is 1.51. The molecule has 0 aliphatic carbocycles. The molecular weight excluding hydrogens is 556 g/mol. The van der Waals surface area contributed by atoms with Gasteiger partial charge in [0.15, 0.2) is 0 Å². The van der Waals surface area contributed by atoms with Gasteiger partial charge in [0.25, 0.3) is 0 Å². The van der Waals surface area contributed by atoms with E-state index in [2.05, 4.69) is 26.0 Å². The highest BCUT2D eigenvalue weighted by Crippen LogP contribution is 2.40. The van der Waals surface area contributed by atoms with Gasteiger partial charge in [-0.05, 0) is 30.0 Å². The second kappa shape index (κ2) is 11.1. The van der Waals surface area contributed by atoms with Gasteiger partial charge in [0.2, 0.25) is 15.9 Å². The average molecular weight is 585 g/mol. The number of thiocarbonyl (C=S) groups is 1. The molecule has 0 atom stereocenters. The summed E-state index contributed by atoms with van der Waals surface area (Å²) in [6.07, 6.45) is 7.99. The summed E-state index contributed by atoms with van der Waals surface area (Å²) in [5, 5.41) is 4.45. The monoisotopic (exact) mass is 584 g/mol. The third-order valence-electron chi connectivity index (χ3n) is 7.14. The highest BCUT2D eigenvalue weighted by Gasteiger charge is 2.28. The summed E-state index contributed by atoms with van der Waals surface area (Å²) in [6.45, 7) is 1.15. The number of halogens is 1. The third-order valence-corrected chi connectivity index (χ3v) is 9.10. The lowest BCUT2D eigenvalue weighted by atomic mass is 10.0. The van der Waals surface area contributed by atoms with Crippen molar-refractivity contribution in [3.8, 4) is 11.1 Å². The van der Waals surface area contributed by atoms with Crippen LogP contribution in [-0.4, -0.2) is 57.5 Å². The molecule has 12 heteroatoms. The van der Waals surface area contributed by atoms with Crippen molar-refractivity contribution in [2.75, 3.05) is 19.3 Å². The minimum Gasteiger partial charge on any atom is -0.389 e. The molecule has 9 nitrogen and oxygen atoms in total. The SMILES string of the molecule is CS(=O)(=O)N1CCC(n2cc(-c3cccc(C(N)=S)c3)c3ccc(CNC(=O)Cc4cnc[nH]4)c(Cl)c32)CC1. The highest BCUT2D eigenvalue weighted by molar-refractivity contribution is 7.88. The second-order valence-corrected chi connectivity index (χ2v) is 12.6. The van der Waals surface area contributed by atoms with Crippen molar-refractivity contribution in [3.05, 3.63) is 77.0 Å². The Bertz CT molecular complexity index is 1640. The number of fused-ring (bicyclic) bond motifs is 1. The molecule has 1 aliphatic heterocycles. The van der Waals surface area contributed by atoms with Crippen molar-refractivity contribution in [2.24, 2.45) is 5.73 Å². The number of nitrogens with zero attached hydrogens (tertiary/aromatic N) is 3. The lowest BCUT2D eigenvalue weighted by Gasteiger charge is -2.31. The molecular formula is C27H29ClN6O3S2. The topological polar surface area (TPSA) is 126 Å². The molecule has 0 unspecified atom stereocenters. The molecule has 3 heterocycles. The number of amides is 1. The Labute approximate surface area is 237 Å². The molecule has 1 amide bonds. The van der Waals surface area contributed by atoms with Crippen LogP contribution >= 0.6 is 23.8 Å². The van der Waals surface area contributed by atoms with Crippen LogP contribution < -0.4 is 11.1 Å². The zero-order valence-corrected chi connectivity index (χ0v) is 23.7. The number of carbonyl (C=O) groups excluding carboxylic acids is 1. The molecule has 1 aliphatic rings. The third kappa shape index (κ3) is 5.86. The largest absolute Gasteiger partial charge is 0.389 e. The fourth-order valence-electron chi connectivity index (χ4n) is 5.11. The predicted octanol–water partition coefficient (Wildman–Crippen LogP) is 3.77. The van der Waals surface area contributed by atoms with Gasteiger partial charge in [0.1, 0.15) is 4.99 Å². The van der Waals surface area contributed by atoms with Gasteiger partial charge in [-0.3, -0.25) is 4.79 Å². The van der Waals surface area contributed by atoms with Crippen LogP contribution in [0.5, 0.6) is 0 Å². The standard InChI is InChI=1S/C27H29ClN6O3S2/c1-39(36,37)33-9-7-21(8-10-33)34-15-23(17-3-2-4-18(11-17)27(29)38)22-6-5-19(25(28)26(22)34)13-31-24(35)12-20-14-30-16-32-20/h2-6,11,14-16,21H,7-10,12-13H2,1H3,(H2,29,38)(H,30,32)(H,31,35). The number of rotatable bonds is 8. The fourth-order valence-corrected chi connectivity index (χ4v) is 6.44. The number of hydrogen-bond donors (Lipinski definition) is 3. The smallest absolute Gasteiger partial charge is 0.226 e. The van der Waals surface area contributed by atoms with Gasteiger partial charge in [-0.15, -0.1) is 0 Å². The van der Waals surface area contributed by atoms with Gasteiger partial charge in [0, 0.05) is 60.3 Å². The van der Waals surface area contributed by atoms with E-state index < -0.39 is 10.0 Å². The van der Waals surface area contributed by atoms with E-state index in [1.54, 1.807) is 6.20 Å². The van der Waals surface area contributed by atoms with E-state index in [1.807, 2.05) is 36.4 Å². The molecule has 204 valence electrons. The molecule has 1 saturated heterocycles. The van der Waals surface area contributed by atoms with Gasteiger partial charge >= 0.3 is 0 Å². The maximum absolute atomic E-state index is 12.5. The normalized spacial score (nSPS) is 15.0. The number of aromatic nitrogens is 3. The molecule has 0 radical (unpaired) electrons. The second-order valence-electron chi connectivity index (χ2n) is 9.75. The van der Waals surface area contributed by atoms with Crippen LogP contribution in [0.3, 0.4) is 0 Å². The maximum atomic E-state index is 12.5. The van der Waals surface area contributed by atoms with Crippen LogP contribution in [-0.2, 0) is 27.8 Å². The zero-order valence-electron chi connectivity index (χ0n) is 21.4. The zero-order chi connectivity index (χ0) is 27.7. The first-order valence-corrected chi connectivity index (χ1v) is 15.2. The Morgan fingerprint density at radius 1 is 1.26 bits per heavy atom. The van der Waals surface area contributed by atoms with Crippen molar-refractivity contribution in [2.45, 2.75) is 31.8 Å². The van der Waals surface area contributed by atoms with Gasteiger partial charge in [0.05, 0.1) is 29.5 Å². The summed E-state index contributed by atoms with van der Waals surface area (Å²) >= 11 is 12.2. The van der Waals surface area contributed by atoms with Crippen molar-refractivity contribution < 1.29 is 13.2 Å². The lowest BCUT2D eigenvalue weighted by molar-refractivity contribution is -0.120. The Kier molecular flexibility index (Phi) is 7.77. The van der Waals surface area contributed by atoms with E-state index in [9.17, 15) is 13.2 Å². The van der Waals surface area contributed by atoms with Gasteiger partial charge in [-0.2, -0.15) is 0 Å². The van der Waals surface area contributed by atoms with E-state index in [4.69, 9.17) is 29.6 Å². The molecule has 39 heavy (non-hydrogen) atoms. The van der Waals surface area contributed by atoms with Gasteiger partial charge in [-0.25, -0.2) is 17.7 Å². The molecule has 5 rings (SSSR count). The summed E-state index contributed by atoms with van der Waals surface area (Å²) in [4.78, 5) is 19.7. The van der Waals surface area contributed by atoms with E-state index in [-0.39, 0.29) is 24.9 Å². The molecule has 4 aromatic rings. The van der Waals surface area contributed by atoms with E-state index in [1.165, 1.54) is 16.9 Å². The van der Waals surface area contributed by atoms with Crippen LogP contribution in [0.1, 0.15) is 35.7 Å². The number of imidazole rings is 1. The minimum atomic E-state index is -3.25. The van der Waals surface area contributed by atoms with Gasteiger partial charge < -0.3 is 20.6 Å². The summed E-state index contributed by atoms with van der Waals surface area (Å²) in [7, 11) is -3.25. The molecule has 2 aromatic heterocycles. The van der Waals surface area contributed by atoms with Crippen LogP contribution in [0, 0.1) is 0 Å². The molecule has 0 saturated carbocycles. The quantitative estimate of drug-likeness (QED) is 0.271. The molecule has 1 fully saturated rings. The van der Waals surface area contributed by atoms with E-state index >= 15 is 0 Å². The minimum absolute atomic E-state index is 0.0562. The predicted molar refractivity (Wildman–Crippen MR) is 157 cm³/mol. The van der Waals surface area contributed by atoms with Crippen molar-refractivity contribution in [1.82, 2.24) is 24.2 Å². The lowest BCUT2D eigenvalue weighted by Crippen LogP contribution is -2.38. The molecule has 4 N–H and O–H groups in total. The number of nitrogens with two attached hydrogens (primary N) is 1. The number of carbonyl (C=O) groups is 1. The van der Waals surface area contributed by atoms with Crippen molar-refractivity contribution >= 4 is 55.6 Å². The first-order valence-electron chi connectivity index (χ1n) is 12.5. The first kappa shape index (κ1) is 27.3. The van der Waals surface area contributed by atoms with Gasteiger partial charge in [-0.1, -0.05) is 54.2 Å². The number of nitrogens with one attached hydrogen (secondary N) is 2. The van der Waals surface area contributed by atoms with E-state index in [0.29, 0.717) is 35.9 Å². The Hall–Kier alpha value is -3.25. The fraction of sp³-hybridized carbons (Fsp3) is 0.296. The first-order chi connectivity index (χ1) is 18.6. The number of sulfonamides is 1. The molecule has 0 bridgehead atoms. The summed E-state index contributed by atoms with van der Waals surface area (Å²) in [6, 6.07) is 11.8. The van der Waals surface area contributed by atoms with E-state index in [0.717, 1.165) is 38.9 Å². The summed E-state index contributed by atoms with van der Waals surface area (Å²) in [5.74, 6) is -0.144. The Morgan fingerprint density at radius 2 is 2.03 bits per heavy atom. The van der Waals surface area contributed by atoms with Crippen LogP contribution in [0.25, 0.3) is 22.0 Å². The summed E-state index contributed by atoms with van der Waals surface area (Å²) in [5.41, 5.74) is 11.0.